The van der Waals surface area contributed by atoms with Crippen LogP contribution in [0.5, 0.6) is 0 Å². The Kier molecular flexibility index (Phi) is 4.37. The van der Waals surface area contributed by atoms with Gasteiger partial charge in [-0.2, -0.15) is 0 Å². The molecule has 3 N–H and O–H groups in total. The van der Waals surface area contributed by atoms with E-state index in [0.717, 1.165) is 6.20 Å². The van der Waals surface area contributed by atoms with Crippen LogP contribution in [-0.2, 0) is 4.79 Å². The molecule has 0 saturated heterocycles. The maximum Gasteiger partial charge on any atom is 0.242 e. The van der Waals surface area contributed by atoms with E-state index >= 15 is 0 Å². The van der Waals surface area contributed by atoms with Crippen LogP contribution in [0.1, 0.15) is 20.3 Å². The number of hydrogen-bond acceptors (Lipinski definition) is 3. The first-order chi connectivity index (χ1) is 7.49. The maximum absolute atomic E-state index is 12.6. The van der Waals surface area contributed by atoms with E-state index in [4.69, 9.17) is 5.73 Å². The van der Waals surface area contributed by atoms with Crippen molar-refractivity contribution in [1.29, 1.82) is 0 Å². The molecule has 0 aliphatic rings. The fourth-order valence-corrected chi connectivity index (χ4v) is 1.28. The van der Waals surface area contributed by atoms with Crippen LogP contribution in [0.3, 0.4) is 0 Å². The van der Waals surface area contributed by atoms with Crippen molar-refractivity contribution in [2.24, 2.45) is 11.7 Å². The summed E-state index contributed by atoms with van der Waals surface area (Å²) in [5.74, 6) is -0.0789. The normalized spacial score (nSPS) is 12.6. The average molecular weight is 225 g/mol. The van der Waals surface area contributed by atoms with E-state index in [1.165, 1.54) is 12.1 Å². The number of nitrogens with one attached hydrogen (secondary N) is 1. The van der Waals surface area contributed by atoms with Crippen molar-refractivity contribution >= 4 is 11.7 Å². The lowest BCUT2D eigenvalue weighted by Crippen LogP contribution is -2.36. The Balaban J connectivity index is 2.54. The number of nitrogens with two attached hydrogens (primary N) is 1. The first kappa shape index (κ1) is 12.6. The van der Waals surface area contributed by atoms with E-state index in [2.05, 4.69) is 10.3 Å². The zero-order chi connectivity index (χ0) is 12.1. The van der Waals surface area contributed by atoms with Gasteiger partial charge in [-0.1, -0.05) is 13.8 Å². The first-order valence-corrected chi connectivity index (χ1v) is 5.17. The van der Waals surface area contributed by atoms with Crippen LogP contribution in [0.25, 0.3) is 0 Å². The van der Waals surface area contributed by atoms with Gasteiger partial charge < -0.3 is 11.1 Å². The lowest BCUT2D eigenvalue weighted by Gasteiger charge is -2.13. The smallest absolute Gasteiger partial charge is 0.242 e. The van der Waals surface area contributed by atoms with Gasteiger partial charge in [-0.25, -0.2) is 9.37 Å². The molecule has 16 heavy (non-hydrogen) atoms. The van der Waals surface area contributed by atoms with Gasteiger partial charge in [-0.15, -0.1) is 0 Å². The lowest BCUT2D eigenvalue weighted by atomic mass is 10.0. The topological polar surface area (TPSA) is 68.0 Å². The third-order valence-electron chi connectivity index (χ3n) is 2.04. The van der Waals surface area contributed by atoms with Gasteiger partial charge in [-0.05, 0) is 24.5 Å². The summed E-state index contributed by atoms with van der Waals surface area (Å²) in [7, 11) is 0. The van der Waals surface area contributed by atoms with Crippen LogP contribution in [0, 0.1) is 11.7 Å². The summed E-state index contributed by atoms with van der Waals surface area (Å²) in [5.41, 5.74) is 5.68. The molecule has 1 aromatic heterocycles. The molecule has 1 rings (SSSR count). The predicted molar refractivity (Wildman–Crippen MR) is 60.3 cm³/mol. The van der Waals surface area contributed by atoms with Gasteiger partial charge in [-0.3, -0.25) is 4.79 Å². The molecule has 0 fully saturated rings. The minimum absolute atomic E-state index is 0.298. The molecule has 1 atom stereocenters. The molecular formula is C11H16FN3O. The number of nitrogens with zero attached hydrogens (tertiary/aromatic N) is 1. The van der Waals surface area contributed by atoms with Crippen molar-refractivity contribution < 1.29 is 9.18 Å². The second-order valence-electron chi connectivity index (χ2n) is 4.09. The summed E-state index contributed by atoms with van der Waals surface area (Å²) in [6.45, 7) is 3.98. The number of carbonyl (C=O) groups excluding carboxylic acids is 1. The van der Waals surface area contributed by atoms with Crippen molar-refractivity contribution in [3.05, 3.63) is 24.1 Å². The Morgan fingerprint density at radius 3 is 2.75 bits per heavy atom. The number of anilines is 1. The Hall–Kier alpha value is -1.49. The van der Waals surface area contributed by atoms with Crippen LogP contribution in [0.2, 0.25) is 0 Å². The van der Waals surface area contributed by atoms with Gasteiger partial charge in [0.25, 0.3) is 0 Å². The number of hydrogen-bond donors (Lipinski definition) is 2. The van der Waals surface area contributed by atoms with E-state index in [1.54, 1.807) is 0 Å². The highest BCUT2D eigenvalue weighted by molar-refractivity contribution is 5.93. The highest BCUT2D eigenvalue weighted by Gasteiger charge is 2.15. The van der Waals surface area contributed by atoms with Crippen LogP contribution in [0.15, 0.2) is 18.3 Å². The molecule has 0 radical (unpaired) electrons. The van der Waals surface area contributed by atoms with Crippen molar-refractivity contribution in [2.75, 3.05) is 5.32 Å². The molecular weight excluding hydrogens is 209 g/mol. The zero-order valence-corrected chi connectivity index (χ0v) is 9.40. The van der Waals surface area contributed by atoms with Gasteiger partial charge in [0.15, 0.2) is 0 Å². The number of aromatic nitrogens is 1. The Bertz CT molecular complexity index is 351. The number of pyridine rings is 1. The van der Waals surface area contributed by atoms with Crippen LogP contribution >= 0.6 is 0 Å². The summed E-state index contributed by atoms with van der Waals surface area (Å²) in [4.78, 5) is 15.3. The van der Waals surface area contributed by atoms with Crippen molar-refractivity contribution in [3.8, 4) is 0 Å². The molecule has 1 amide bonds. The van der Waals surface area contributed by atoms with E-state index in [0.29, 0.717) is 18.2 Å². The third-order valence-corrected chi connectivity index (χ3v) is 2.04. The minimum Gasteiger partial charge on any atom is -0.320 e. The van der Waals surface area contributed by atoms with Crippen LogP contribution in [0.4, 0.5) is 10.2 Å². The van der Waals surface area contributed by atoms with E-state index in [-0.39, 0.29) is 5.91 Å². The monoisotopic (exact) mass is 225 g/mol. The highest BCUT2D eigenvalue weighted by atomic mass is 19.1. The zero-order valence-electron chi connectivity index (χ0n) is 9.40. The quantitative estimate of drug-likeness (QED) is 0.816. The molecule has 0 bridgehead atoms. The molecule has 1 aromatic rings. The Labute approximate surface area is 94.1 Å². The summed E-state index contributed by atoms with van der Waals surface area (Å²) < 4.78 is 12.6. The molecule has 0 aromatic carbocycles. The van der Waals surface area contributed by atoms with Gasteiger partial charge in [0.1, 0.15) is 11.6 Å². The maximum atomic E-state index is 12.6. The van der Waals surface area contributed by atoms with E-state index in [1.807, 2.05) is 13.8 Å². The first-order valence-electron chi connectivity index (χ1n) is 5.17. The second kappa shape index (κ2) is 5.55. The minimum atomic E-state index is -0.563. The summed E-state index contributed by atoms with van der Waals surface area (Å²) in [6, 6.07) is 2.07. The molecule has 0 aliphatic carbocycles. The van der Waals surface area contributed by atoms with E-state index < -0.39 is 11.9 Å². The molecule has 88 valence electrons. The average Bonchev–Trinajstić information content (AvgIpc) is 2.20. The fraction of sp³-hybridized carbons (Fsp3) is 0.455. The number of rotatable bonds is 4. The fourth-order valence-electron chi connectivity index (χ4n) is 1.28. The largest absolute Gasteiger partial charge is 0.320 e. The van der Waals surface area contributed by atoms with Gasteiger partial charge in [0, 0.05) is 0 Å². The summed E-state index contributed by atoms with van der Waals surface area (Å²) >= 11 is 0. The molecule has 0 saturated carbocycles. The SMILES string of the molecule is CC(C)C[C@@H](N)C(=O)Nc1ccc(F)cn1. The van der Waals surface area contributed by atoms with Crippen molar-refractivity contribution in [3.63, 3.8) is 0 Å². The molecule has 0 spiro atoms. The molecule has 4 nitrogen and oxygen atoms in total. The van der Waals surface area contributed by atoms with E-state index in [9.17, 15) is 9.18 Å². The molecule has 5 heteroatoms. The van der Waals surface area contributed by atoms with Crippen LogP contribution in [-0.4, -0.2) is 16.9 Å². The van der Waals surface area contributed by atoms with Crippen molar-refractivity contribution in [2.45, 2.75) is 26.3 Å². The van der Waals surface area contributed by atoms with Crippen LogP contribution < -0.4 is 11.1 Å². The van der Waals surface area contributed by atoms with Gasteiger partial charge in [0.05, 0.1) is 12.2 Å². The number of carbonyl (C=O) groups is 1. The summed E-state index contributed by atoms with van der Waals surface area (Å²) in [6.07, 6.45) is 1.65. The molecule has 0 aliphatic heterocycles. The predicted octanol–water partition coefficient (Wildman–Crippen LogP) is 1.53. The molecule has 0 unspecified atom stereocenters. The third kappa shape index (κ3) is 3.94. The Morgan fingerprint density at radius 1 is 1.56 bits per heavy atom. The number of amides is 1. The van der Waals surface area contributed by atoms with Crippen molar-refractivity contribution in [1.82, 2.24) is 4.98 Å². The van der Waals surface area contributed by atoms with Gasteiger partial charge >= 0.3 is 0 Å². The molecule has 1 heterocycles. The second-order valence-corrected chi connectivity index (χ2v) is 4.09. The van der Waals surface area contributed by atoms with Gasteiger partial charge in [0.2, 0.25) is 5.91 Å². The number of halogens is 1. The highest BCUT2D eigenvalue weighted by Crippen LogP contribution is 2.07. The summed E-state index contributed by atoms with van der Waals surface area (Å²) in [5, 5.41) is 2.53. The standard InChI is InChI=1S/C11H16FN3O/c1-7(2)5-9(13)11(16)15-10-4-3-8(12)6-14-10/h3-4,6-7,9H,5,13H2,1-2H3,(H,14,15,16)/t9-/m1/s1. The Morgan fingerprint density at radius 2 is 2.25 bits per heavy atom. The lowest BCUT2D eigenvalue weighted by molar-refractivity contribution is -0.117.